The van der Waals surface area contributed by atoms with Gasteiger partial charge in [0.15, 0.2) is 5.76 Å². The summed E-state index contributed by atoms with van der Waals surface area (Å²) in [4.78, 5) is 40.1. The number of carbonyl (C=O) groups excluding carboxylic acids is 3. The molecule has 0 aliphatic carbocycles. The van der Waals surface area contributed by atoms with Crippen LogP contribution in [0.5, 0.6) is 0 Å². The van der Waals surface area contributed by atoms with E-state index in [9.17, 15) is 14.4 Å². The highest BCUT2D eigenvalue weighted by Crippen LogP contribution is 2.18. The molecule has 1 aliphatic rings. The molecule has 1 aliphatic heterocycles. The standard InChI is InChI=1S/C24H30ClN3O4/c1-4-15(2)20(27-22(29)17-5-7-18(25)8-6-17)24(31)28-12-9-19(10-13-28)26-23(30)21-16(3)11-14-32-21/h5-8,11,14-15,19-20H,4,9-10,12-13H2,1-3H3,(H,26,30)(H,27,29). The van der Waals surface area contributed by atoms with E-state index in [4.69, 9.17) is 16.0 Å². The minimum Gasteiger partial charge on any atom is -0.459 e. The van der Waals surface area contributed by atoms with E-state index in [0.29, 0.717) is 42.3 Å². The predicted molar refractivity (Wildman–Crippen MR) is 123 cm³/mol. The Hall–Kier alpha value is -2.80. The Morgan fingerprint density at radius 2 is 1.78 bits per heavy atom. The molecule has 8 heteroatoms. The van der Waals surface area contributed by atoms with Gasteiger partial charge in [-0.25, -0.2) is 0 Å². The van der Waals surface area contributed by atoms with E-state index in [2.05, 4.69) is 10.6 Å². The summed E-state index contributed by atoms with van der Waals surface area (Å²) in [7, 11) is 0. The molecule has 7 nitrogen and oxygen atoms in total. The number of amides is 3. The Kier molecular flexibility index (Phi) is 7.96. The van der Waals surface area contributed by atoms with E-state index in [1.54, 1.807) is 35.2 Å². The van der Waals surface area contributed by atoms with Gasteiger partial charge in [-0.05, 0) is 56.0 Å². The number of carbonyl (C=O) groups is 3. The number of furan rings is 1. The highest BCUT2D eigenvalue weighted by Gasteiger charge is 2.33. The van der Waals surface area contributed by atoms with Gasteiger partial charge in [0, 0.05) is 35.3 Å². The Labute approximate surface area is 193 Å². The summed E-state index contributed by atoms with van der Waals surface area (Å²) in [5.41, 5.74) is 1.26. The molecule has 172 valence electrons. The molecule has 3 amide bonds. The van der Waals surface area contributed by atoms with Crippen molar-refractivity contribution in [3.05, 3.63) is 58.5 Å². The summed E-state index contributed by atoms with van der Waals surface area (Å²) in [6.07, 6.45) is 3.55. The fourth-order valence-corrected chi connectivity index (χ4v) is 3.93. The number of nitrogens with zero attached hydrogens (tertiary/aromatic N) is 1. The first kappa shape index (κ1) is 23.9. The molecule has 0 saturated carbocycles. The molecule has 1 aromatic heterocycles. The normalized spacial score (nSPS) is 16.3. The average molecular weight is 460 g/mol. The molecule has 32 heavy (non-hydrogen) atoms. The van der Waals surface area contributed by atoms with Crippen molar-refractivity contribution < 1.29 is 18.8 Å². The summed E-state index contributed by atoms with van der Waals surface area (Å²) < 4.78 is 5.25. The SMILES string of the molecule is CCC(C)C(NC(=O)c1ccc(Cl)cc1)C(=O)N1CCC(NC(=O)c2occc2C)CC1. The van der Waals surface area contributed by atoms with Crippen molar-refractivity contribution in [1.29, 1.82) is 0 Å². The van der Waals surface area contributed by atoms with E-state index in [0.717, 1.165) is 12.0 Å². The molecule has 1 aromatic carbocycles. The van der Waals surface area contributed by atoms with Gasteiger partial charge in [0.05, 0.1) is 6.26 Å². The summed E-state index contributed by atoms with van der Waals surface area (Å²) in [6.45, 7) is 6.82. The van der Waals surface area contributed by atoms with Gasteiger partial charge in [0.25, 0.3) is 11.8 Å². The number of aryl methyl sites for hydroxylation is 1. The van der Waals surface area contributed by atoms with E-state index < -0.39 is 6.04 Å². The minimum atomic E-state index is -0.611. The Morgan fingerprint density at radius 3 is 2.34 bits per heavy atom. The Balaban J connectivity index is 1.59. The Morgan fingerprint density at radius 1 is 1.12 bits per heavy atom. The fraction of sp³-hybridized carbons (Fsp3) is 0.458. The molecule has 2 aromatic rings. The lowest BCUT2D eigenvalue weighted by Gasteiger charge is -2.36. The molecule has 1 fully saturated rings. The second kappa shape index (κ2) is 10.7. The van der Waals surface area contributed by atoms with Gasteiger partial charge in [-0.1, -0.05) is 31.9 Å². The quantitative estimate of drug-likeness (QED) is 0.658. The first-order valence-corrected chi connectivity index (χ1v) is 11.4. The van der Waals surface area contributed by atoms with Crippen molar-refractivity contribution in [1.82, 2.24) is 15.5 Å². The number of rotatable bonds is 7. The number of hydrogen-bond acceptors (Lipinski definition) is 4. The third kappa shape index (κ3) is 5.71. The smallest absolute Gasteiger partial charge is 0.287 e. The summed E-state index contributed by atoms with van der Waals surface area (Å²) in [5, 5.41) is 6.45. The largest absolute Gasteiger partial charge is 0.459 e. The van der Waals surface area contributed by atoms with Gasteiger partial charge >= 0.3 is 0 Å². The maximum absolute atomic E-state index is 13.3. The molecule has 2 heterocycles. The maximum Gasteiger partial charge on any atom is 0.287 e. The van der Waals surface area contributed by atoms with Crippen molar-refractivity contribution in [2.75, 3.05) is 13.1 Å². The van der Waals surface area contributed by atoms with E-state index in [-0.39, 0.29) is 29.7 Å². The van der Waals surface area contributed by atoms with Gasteiger partial charge in [0.2, 0.25) is 5.91 Å². The van der Waals surface area contributed by atoms with Crippen LogP contribution >= 0.6 is 11.6 Å². The highest BCUT2D eigenvalue weighted by atomic mass is 35.5. The van der Waals surface area contributed by atoms with Crippen LogP contribution in [0.1, 0.15) is 59.6 Å². The van der Waals surface area contributed by atoms with Crippen molar-refractivity contribution in [3.8, 4) is 0 Å². The van der Waals surface area contributed by atoms with E-state index in [1.807, 2.05) is 20.8 Å². The third-order valence-corrected chi connectivity index (χ3v) is 6.33. The third-order valence-electron chi connectivity index (χ3n) is 6.08. The second-order valence-electron chi connectivity index (χ2n) is 8.35. The van der Waals surface area contributed by atoms with Crippen LogP contribution in [0.4, 0.5) is 0 Å². The van der Waals surface area contributed by atoms with Crippen LogP contribution in [0.15, 0.2) is 41.0 Å². The topological polar surface area (TPSA) is 91.7 Å². The summed E-state index contributed by atoms with van der Waals surface area (Å²) >= 11 is 5.90. The molecule has 0 bridgehead atoms. The van der Waals surface area contributed by atoms with Crippen LogP contribution < -0.4 is 10.6 Å². The molecule has 2 atom stereocenters. The molecular weight excluding hydrogens is 430 g/mol. The number of hydrogen-bond donors (Lipinski definition) is 2. The maximum atomic E-state index is 13.3. The van der Waals surface area contributed by atoms with Crippen molar-refractivity contribution in [2.24, 2.45) is 5.92 Å². The minimum absolute atomic E-state index is 0.0156. The number of halogens is 1. The lowest BCUT2D eigenvalue weighted by atomic mass is 9.95. The number of nitrogens with one attached hydrogen (secondary N) is 2. The second-order valence-corrected chi connectivity index (χ2v) is 8.79. The van der Waals surface area contributed by atoms with Crippen LogP contribution in [0.25, 0.3) is 0 Å². The van der Waals surface area contributed by atoms with Crippen LogP contribution in [0.2, 0.25) is 5.02 Å². The van der Waals surface area contributed by atoms with E-state index >= 15 is 0 Å². The number of piperidine rings is 1. The van der Waals surface area contributed by atoms with Crippen molar-refractivity contribution in [2.45, 2.75) is 52.1 Å². The first-order valence-electron chi connectivity index (χ1n) is 11.0. The van der Waals surface area contributed by atoms with Crippen molar-refractivity contribution in [3.63, 3.8) is 0 Å². The fourth-order valence-electron chi connectivity index (χ4n) is 3.81. The number of likely N-dealkylation sites (tertiary alicyclic amines) is 1. The highest BCUT2D eigenvalue weighted by molar-refractivity contribution is 6.30. The number of benzene rings is 1. The van der Waals surface area contributed by atoms with Gasteiger partial charge < -0.3 is 20.0 Å². The van der Waals surface area contributed by atoms with Crippen LogP contribution in [-0.2, 0) is 4.79 Å². The van der Waals surface area contributed by atoms with Gasteiger partial charge in [-0.2, -0.15) is 0 Å². The predicted octanol–water partition coefficient (Wildman–Crippen LogP) is 3.81. The zero-order valence-electron chi connectivity index (χ0n) is 18.7. The van der Waals surface area contributed by atoms with Crippen LogP contribution in [0.3, 0.4) is 0 Å². The summed E-state index contributed by atoms with van der Waals surface area (Å²) in [5.74, 6) is -0.307. The lowest BCUT2D eigenvalue weighted by molar-refractivity contribution is -0.135. The lowest BCUT2D eigenvalue weighted by Crippen LogP contribution is -2.55. The van der Waals surface area contributed by atoms with E-state index in [1.165, 1.54) is 6.26 Å². The Bertz CT molecular complexity index is 948. The van der Waals surface area contributed by atoms with Crippen molar-refractivity contribution >= 4 is 29.3 Å². The summed E-state index contributed by atoms with van der Waals surface area (Å²) in [6, 6.07) is 7.71. The zero-order chi connectivity index (χ0) is 23.3. The molecule has 2 unspecified atom stereocenters. The molecule has 0 radical (unpaired) electrons. The molecular formula is C24H30ClN3O4. The van der Waals surface area contributed by atoms with Gasteiger partial charge in [-0.15, -0.1) is 0 Å². The van der Waals surface area contributed by atoms with Crippen LogP contribution in [0, 0.1) is 12.8 Å². The van der Waals surface area contributed by atoms with Crippen LogP contribution in [-0.4, -0.2) is 47.8 Å². The molecule has 3 rings (SSSR count). The molecule has 0 spiro atoms. The molecule has 2 N–H and O–H groups in total. The average Bonchev–Trinajstić information content (AvgIpc) is 3.23. The monoisotopic (exact) mass is 459 g/mol. The molecule has 1 saturated heterocycles. The van der Waals surface area contributed by atoms with Gasteiger partial charge in [0.1, 0.15) is 6.04 Å². The van der Waals surface area contributed by atoms with Gasteiger partial charge in [-0.3, -0.25) is 14.4 Å². The zero-order valence-corrected chi connectivity index (χ0v) is 19.4. The first-order chi connectivity index (χ1) is 15.3.